The Balaban J connectivity index is 0.00000133. The Hall–Kier alpha value is -0.310. The zero-order valence-electron chi connectivity index (χ0n) is 11.4. The van der Waals surface area contributed by atoms with Crippen LogP contribution in [0.15, 0.2) is 35.9 Å². The lowest BCUT2D eigenvalue weighted by atomic mass is 9.81. The van der Waals surface area contributed by atoms with Crippen LogP contribution in [-0.2, 0) is 6.42 Å². The van der Waals surface area contributed by atoms with Crippen molar-refractivity contribution in [2.75, 3.05) is 26.7 Å². The molecule has 0 aromatic heterocycles. The van der Waals surface area contributed by atoms with Crippen LogP contribution in [0, 0.1) is 5.92 Å². The molecule has 0 N–H and O–H groups in total. The zero-order chi connectivity index (χ0) is 12.6. The third-order valence-corrected chi connectivity index (χ3v) is 4.89. The molecule has 0 atom stereocenters. The number of piperidine rings is 3. The minimum absolute atomic E-state index is 0. The first-order valence-electron chi connectivity index (χ1n) is 6.92. The Morgan fingerprint density at radius 1 is 1.21 bits per heavy atom. The summed E-state index contributed by atoms with van der Waals surface area (Å²) in [5.74, 6) is 0.872. The van der Waals surface area contributed by atoms with Gasteiger partial charge in [0.05, 0.1) is 20.1 Å². The van der Waals surface area contributed by atoms with Gasteiger partial charge in [-0.05, 0) is 35.6 Å². The van der Waals surface area contributed by atoms with E-state index in [9.17, 15) is 0 Å². The van der Waals surface area contributed by atoms with Gasteiger partial charge in [-0.2, -0.15) is 0 Å². The van der Waals surface area contributed by atoms with Gasteiger partial charge in [0, 0.05) is 17.9 Å². The van der Waals surface area contributed by atoms with Crippen LogP contribution in [0.5, 0.6) is 0 Å². The van der Waals surface area contributed by atoms with Crippen LogP contribution < -0.4 is 17.0 Å². The highest BCUT2D eigenvalue weighted by Gasteiger charge is 2.39. The fourth-order valence-corrected chi connectivity index (χ4v) is 3.52. The molecule has 2 bridgehead atoms. The number of benzene rings is 1. The quantitative estimate of drug-likeness (QED) is 0.548. The van der Waals surface area contributed by atoms with E-state index < -0.39 is 0 Å². The van der Waals surface area contributed by atoms with E-state index in [2.05, 4.69) is 25.3 Å². The molecule has 0 spiro atoms. The predicted octanol–water partition coefficient (Wildman–Crippen LogP) is 0.683. The standard InChI is InChI=1S/C16H21ClN.BrH/c1-18-10-8-14(9-11-18)15(12-18)5-2-13-3-6-16(17)7-4-13;/h3-7,14H,2,8-12H2,1H3;1H/q+1;/p-1. The summed E-state index contributed by atoms with van der Waals surface area (Å²) in [7, 11) is 2.41. The number of hydrogen-bond acceptors (Lipinski definition) is 0. The van der Waals surface area contributed by atoms with Crippen molar-refractivity contribution < 1.29 is 21.5 Å². The van der Waals surface area contributed by atoms with Crippen molar-refractivity contribution in [2.45, 2.75) is 19.3 Å². The second-order valence-corrected chi connectivity index (χ2v) is 6.55. The van der Waals surface area contributed by atoms with Gasteiger partial charge in [0.2, 0.25) is 0 Å². The monoisotopic (exact) mass is 341 g/mol. The number of quaternary nitrogens is 1. The average molecular weight is 343 g/mol. The second kappa shape index (κ2) is 5.99. The summed E-state index contributed by atoms with van der Waals surface area (Å²) in [6.45, 7) is 4.03. The summed E-state index contributed by atoms with van der Waals surface area (Å²) in [4.78, 5) is 0. The van der Waals surface area contributed by atoms with Crippen molar-refractivity contribution in [3.8, 4) is 0 Å². The highest BCUT2D eigenvalue weighted by molar-refractivity contribution is 6.30. The van der Waals surface area contributed by atoms with Gasteiger partial charge in [0.15, 0.2) is 0 Å². The van der Waals surface area contributed by atoms with E-state index in [1.807, 2.05) is 12.1 Å². The largest absolute Gasteiger partial charge is 1.00 e. The molecule has 3 saturated heterocycles. The number of rotatable bonds is 2. The molecule has 3 heteroatoms. The van der Waals surface area contributed by atoms with Crippen molar-refractivity contribution in [2.24, 2.45) is 5.92 Å². The van der Waals surface area contributed by atoms with Gasteiger partial charge in [-0.1, -0.05) is 29.8 Å². The lowest BCUT2D eigenvalue weighted by Gasteiger charge is -2.48. The van der Waals surface area contributed by atoms with Crippen molar-refractivity contribution in [3.05, 3.63) is 46.5 Å². The first kappa shape index (κ1) is 15.1. The Kier molecular flexibility index (Phi) is 4.75. The van der Waals surface area contributed by atoms with Crippen LogP contribution >= 0.6 is 11.6 Å². The first-order valence-corrected chi connectivity index (χ1v) is 7.29. The van der Waals surface area contributed by atoms with Crippen LogP contribution in [-0.4, -0.2) is 31.2 Å². The number of allylic oxidation sites excluding steroid dienone is 1. The number of fused-ring (bicyclic) bond motifs is 3. The fraction of sp³-hybridized carbons (Fsp3) is 0.500. The molecule has 3 aliphatic heterocycles. The zero-order valence-corrected chi connectivity index (χ0v) is 13.8. The van der Waals surface area contributed by atoms with Crippen molar-refractivity contribution in [1.29, 1.82) is 0 Å². The normalized spacial score (nSPS) is 31.3. The SMILES string of the molecule is C[N+]12CCC(CC1)C(=CCc1ccc(Cl)cc1)C2.[Br-]. The van der Waals surface area contributed by atoms with E-state index in [1.165, 1.54) is 42.5 Å². The van der Waals surface area contributed by atoms with Crippen LogP contribution in [0.25, 0.3) is 0 Å². The van der Waals surface area contributed by atoms with Gasteiger partial charge in [0.25, 0.3) is 0 Å². The summed E-state index contributed by atoms with van der Waals surface area (Å²) in [5.41, 5.74) is 3.07. The van der Waals surface area contributed by atoms with Crippen molar-refractivity contribution in [1.82, 2.24) is 0 Å². The lowest BCUT2D eigenvalue weighted by molar-refractivity contribution is -0.917. The highest BCUT2D eigenvalue weighted by Crippen LogP contribution is 2.36. The topological polar surface area (TPSA) is 0 Å². The minimum atomic E-state index is 0. The molecule has 0 radical (unpaired) electrons. The van der Waals surface area contributed by atoms with E-state index in [1.54, 1.807) is 5.57 Å². The van der Waals surface area contributed by atoms with E-state index in [0.29, 0.717) is 0 Å². The highest BCUT2D eigenvalue weighted by atomic mass is 79.9. The van der Waals surface area contributed by atoms with Crippen LogP contribution in [0.1, 0.15) is 18.4 Å². The summed E-state index contributed by atoms with van der Waals surface area (Å²) < 4.78 is 1.27. The number of nitrogens with zero attached hydrogens (tertiary/aromatic N) is 1. The molecule has 0 aliphatic carbocycles. The van der Waals surface area contributed by atoms with Crippen LogP contribution in [0.4, 0.5) is 0 Å². The molecule has 4 rings (SSSR count). The van der Waals surface area contributed by atoms with Gasteiger partial charge in [-0.3, -0.25) is 0 Å². The van der Waals surface area contributed by atoms with Gasteiger partial charge in [-0.15, -0.1) is 0 Å². The van der Waals surface area contributed by atoms with E-state index in [0.717, 1.165) is 17.4 Å². The van der Waals surface area contributed by atoms with E-state index in [-0.39, 0.29) is 17.0 Å². The maximum absolute atomic E-state index is 5.91. The predicted molar refractivity (Wildman–Crippen MR) is 76.7 cm³/mol. The van der Waals surface area contributed by atoms with E-state index >= 15 is 0 Å². The molecule has 3 fully saturated rings. The maximum Gasteiger partial charge on any atom is 0.100 e. The maximum atomic E-state index is 5.91. The number of hydrogen-bond donors (Lipinski definition) is 0. The molecule has 104 valence electrons. The molecule has 3 aliphatic rings. The lowest BCUT2D eigenvalue weighted by Crippen LogP contribution is -3.00. The molecule has 3 heterocycles. The Labute approximate surface area is 131 Å². The Bertz CT molecular complexity index is 458. The summed E-state index contributed by atoms with van der Waals surface area (Å²) in [5, 5.41) is 0.826. The van der Waals surface area contributed by atoms with Crippen LogP contribution in [0.3, 0.4) is 0 Å². The van der Waals surface area contributed by atoms with Gasteiger partial charge >= 0.3 is 0 Å². The second-order valence-electron chi connectivity index (χ2n) is 6.11. The summed E-state index contributed by atoms with van der Waals surface area (Å²) >= 11 is 5.91. The van der Waals surface area contributed by atoms with Crippen molar-refractivity contribution in [3.63, 3.8) is 0 Å². The van der Waals surface area contributed by atoms with Crippen LogP contribution in [0.2, 0.25) is 5.02 Å². The molecular weight excluding hydrogens is 322 g/mol. The molecule has 1 nitrogen and oxygen atoms in total. The van der Waals surface area contributed by atoms with Crippen molar-refractivity contribution >= 4 is 11.6 Å². The fourth-order valence-electron chi connectivity index (χ4n) is 3.39. The molecule has 1 aromatic rings. The Morgan fingerprint density at radius 3 is 2.42 bits per heavy atom. The first-order chi connectivity index (χ1) is 8.65. The van der Waals surface area contributed by atoms with Gasteiger partial charge < -0.3 is 21.5 Å². The number of halogens is 2. The smallest absolute Gasteiger partial charge is 0.100 e. The molecule has 0 saturated carbocycles. The molecule has 1 aromatic carbocycles. The summed E-state index contributed by atoms with van der Waals surface area (Å²) in [6, 6.07) is 8.24. The van der Waals surface area contributed by atoms with E-state index in [4.69, 9.17) is 11.6 Å². The molecule has 0 amide bonds. The average Bonchev–Trinajstić information content (AvgIpc) is 2.38. The van der Waals surface area contributed by atoms with Gasteiger partial charge in [-0.25, -0.2) is 0 Å². The molecular formula is C16H21BrClN. The Morgan fingerprint density at radius 2 is 1.84 bits per heavy atom. The third-order valence-electron chi connectivity index (χ3n) is 4.64. The summed E-state index contributed by atoms with van der Waals surface area (Å²) in [6.07, 6.45) is 6.32. The number of likely N-dealkylation sites (N-methyl/N-ethyl adjacent to an activating group) is 1. The molecule has 0 unspecified atom stereocenters. The minimum Gasteiger partial charge on any atom is -1.00 e. The van der Waals surface area contributed by atoms with Gasteiger partial charge in [0.1, 0.15) is 6.54 Å². The third kappa shape index (κ3) is 3.42. The molecule has 19 heavy (non-hydrogen) atoms.